The highest BCUT2D eigenvalue weighted by atomic mass is 16.6. The average Bonchev–Trinajstić information content (AvgIpc) is 3.40. The molecule has 8 nitrogen and oxygen atoms in total. The first-order chi connectivity index (χ1) is 15.4. The Kier molecular flexibility index (Phi) is 7.98. The number of aliphatic hydroxyl groups excluding tert-OH is 1. The van der Waals surface area contributed by atoms with E-state index in [1.54, 1.807) is 22.8 Å². The van der Waals surface area contributed by atoms with Gasteiger partial charge < -0.3 is 24.4 Å². The second kappa shape index (κ2) is 10.3. The normalized spacial score (nSPS) is 31.5. The third kappa shape index (κ3) is 4.07. The number of hydrogen-bond donors (Lipinski definition) is 1. The zero-order chi connectivity index (χ0) is 23.5. The fourth-order valence-corrected chi connectivity index (χ4v) is 5.93. The Morgan fingerprint density at radius 1 is 1.41 bits per heavy atom. The Labute approximate surface area is 190 Å². The maximum atomic E-state index is 14.0. The van der Waals surface area contributed by atoms with Crippen LogP contribution in [0.2, 0.25) is 0 Å². The van der Waals surface area contributed by atoms with Crippen molar-refractivity contribution in [3.05, 3.63) is 12.7 Å². The number of ether oxygens (including phenoxy) is 2. The first kappa shape index (κ1) is 24.7. The molecular weight excluding hydrogens is 412 g/mol. The second-order valence-corrected chi connectivity index (χ2v) is 9.19. The summed E-state index contributed by atoms with van der Waals surface area (Å²) in [5, 5.41) is 9.23. The largest absolute Gasteiger partial charge is 0.466 e. The van der Waals surface area contributed by atoms with Crippen LogP contribution in [0.15, 0.2) is 12.7 Å². The molecule has 3 unspecified atom stereocenters. The summed E-state index contributed by atoms with van der Waals surface area (Å²) < 4.78 is 11.7. The summed E-state index contributed by atoms with van der Waals surface area (Å²) in [6.07, 6.45) is 5.41. The molecule has 3 aliphatic rings. The molecule has 0 saturated carbocycles. The van der Waals surface area contributed by atoms with Crippen molar-refractivity contribution in [1.29, 1.82) is 0 Å². The number of carbonyl (C=O) groups excluding carboxylic acids is 3. The molecule has 3 fully saturated rings. The van der Waals surface area contributed by atoms with E-state index in [2.05, 4.69) is 13.5 Å². The number of esters is 1. The van der Waals surface area contributed by atoms with Gasteiger partial charge in [0.25, 0.3) is 0 Å². The molecule has 3 heterocycles. The maximum absolute atomic E-state index is 14.0. The van der Waals surface area contributed by atoms with Gasteiger partial charge in [-0.05, 0) is 46.0 Å². The summed E-state index contributed by atoms with van der Waals surface area (Å²) in [6.45, 7) is 10.7. The standard InChI is InChI=1S/C24H38N2O6/c1-5-10-16(4)25(13-6-2)22(29)20-24-12-11-17(32-24)18(23(30)31-7-3)19(24)21(28)26(20)14-8-9-15-27/h6,16-20,27H,2,5,7-15H2,1,3-4H3/t16?,17-,18+,19-,20?,24?/m0/s1. The van der Waals surface area contributed by atoms with Crippen LogP contribution < -0.4 is 0 Å². The SMILES string of the molecule is C=CCN(C(=O)C1N(CCCCO)C(=O)[C@@H]2[C@H](C(=O)OCC)[C@@H]3CCC12O3)C(C)CCC. The third-order valence-corrected chi connectivity index (χ3v) is 7.25. The average molecular weight is 451 g/mol. The molecule has 1 spiro atoms. The maximum Gasteiger partial charge on any atom is 0.312 e. The molecular formula is C24H38N2O6. The Hall–Kier alpha value is -1.93. The first-order valence-electron chi connectivity index (χ1n) is 12.0. The Morgan fingerprint density at radius 2 is 2.16 bits per heavy atom. The molecule has 8 heteroatoms. The fourth-order valence-electron chi connectivity index (χ4n) is 5.93. The van der Waals surface area contributed by atoms with Gasteiger partial charge in [0.1, 0.15) is 11.6 Å². The second-order valence-electron chi connectivity index (χ2n) is 9.19. The summed E-state index contributed by atoms with van der Waals surface area (Å²) in [5.41, 5.74) is -0.999. The van der Waals surface area contributed by atoms with E-state index in [4.69, 9.17) is 9.47 Å². The van der Waals surface area contributed by atoms with Crippen molar-refractivity contribution >= 4 is 17.8 Å². The molecule has 6 atom stereocenters. The molecule has 2 bridgehead atoms. The van der Waals surface area contributed by atoms with E-state index in [1.165, 1.54) is 0 Å². The zero-order valence-corrected chi connectivity index (χ0v) is 19.6. The predicted octanol–water partition coefficient (Wildman–Crippen LogP) is 1.90. The van der Waals surface area contributed by atoms with Crippen molar-refractivity contribution in [1.82, 2.24) is 9.80 Å². The van der Waals surface area contributed by atoms with E-state index in [0.29, 0.717) is 38.8 Å². The number of unbranched alkanes of at least 4 members (excludes halogenated alkanes) is 1. The number of carbonyl (C=O) groups is 3. The van der Waals surface area contributed by atoms with Crippen LogP contribution in [0.1, 0.15) is 59.3 Å². The molecule has 180 valence electrons. The minimum Gasteiger partial charge on any atom is -0.466 e. The number of nitrogens with zero attached hydrogens (tertiary/aromatic N) is 2. The van der Waals surface area contributed by atoms with Gasteiger partial charge in [-0.3, -0.25) is 14.4 Å². The lowest BCUT2D eigenvalue weighted by molar-refractivity contribution is -0.155. The monoisotopic (exact) mass is 450 g/mol. The van der Waals surface area contributed by atoms with Gasteiger partial charge in [-0.1, -0.05) is 19.4 Å². The van der Waals surface area contributed by atoms with Crippen LogP contribution in [0, 0.1) is 11.8 Å². The smallest absolute Gasteiger partial charge is 0.312 e. The Bertz CT molecular complexity index is 727. The van der Waals surface area contributed by atoms with Gasteiger partial charge >= 0.3 is 5.97 Å². The molecule has 0 aromatic heterocycles. The van der Waals surface area contributed by atoms with E-state index >= 15 is 0 Å². The van der Waals surface area contributed by atoms with E-state index in [1.807, 2.05) is 6.92 Å². The predicted molar refractivity (Wildman–Crippen MR) is 119 cm³/mol. The number of amides is 2. The highest BCUT2D eigenvalue weighted by molar-refractivity contribution is 5.98. The summed E-state index contributed by atoms with van der Waals surface area (Å²) in [5.74, 6) is -2.13. The molecule has 0 aliphatic carbocycles. The van der Waals surface area contributed by atoms with Crippen molar-refractivity contribution in [2.24, 2.45) is 11.8 Å². The number of likely N-dealkylation sites (tertiary alicyclic amines) is 1. The first-order valence-corrected chi connectivity index (χ1v) is 12.0. The molecule has 0 aromatic carbocycles. The number of fused-ring (bicyclic) bond motifs is 1. The van der Waals surface area contributed by atoms with Crippen LogP contribution in [-0.2, 0) is 23.9 Å². The van der Waals surface area contributed by atoms with Gasteiger partial charge in [0.2, 0.25) is 11.8 Å². The van der Waals surface area contributed by atoms with E-state index in [9.17, 15) is 19.5 Å². The fraction of sp³-hybridized carbons (Fsp3) is 0.792. The molecule has 0 radical (unpaired) electrons. The van der Waals surface area contributed by atoms with E-state index in [0.717, 1.165) is 12.8 Å². The van der Waals surface area contributed by atoms with Crippen molar-refractivity contribution in [3.63, 3.8) is 0 Å². The lowest BCUT2D eigenvalue weighted by Crippen LogP contribution is -2.57. The van der Waals surface area contributed by atoms with Gasteiger partial charge in [0, 0.05) is 25.7 Å². The van der Waals surface area contributed by atoms with Crippen LogP contribution in [0.25, 0.3) is 0 Å². The van der Waals surface area contributed by atoms with Crippen LogP contribution in [0.3, 0.4) is 0 Å². The van der Waals surface area contributed by atoms with Gasteiger partial charge in [0.15, 0.2) is 0 Å². The highest BCUT2D eigenvalue weighted by Gasteiger charge is 2.75. The molecule has 3 saturated heterocycles. The van der Waals surface area contributed by atoms with E-state index < -0.39 is 29.4 Å². The Balaban J connectivity index is 1.99. The topological polar surface area (TPSA) is 96.4 Å². The van der Waals surface area contributed by atoms with Gasteiger partial charge in [-0.15, -0.1) is 6.58 Å². The third-order valence-electron chi connectivity index (χ3n) is 7.25. The quantitative estimate of drug-likeness (QED) is 0.277. The lowest BCUT2D eigenvalue weighted by atomic mass is 9.70. The molecule has 3 rings (SSSR count). The Morgan fingerprint density at radius 3 is 2.78 bits per heavy atom. The van der Waals surface area contributed by atoms with Crippen molar-refractivity contribution in [2.75, 3.05) is 26.3 Å². The molecule has 2 amide bonds. The molecule has 0 aromatic rings. The molecule has 3 aliphatic heterocycles. The summed E-state index contributed by atoms with van der Waals surface area (Å²) in [7, 11) is 0. The van der Waals surface area contributed by atoms with Crippen molar-refractivity contribution in [2.45, 2.75) is 83.1 Å². The molecule has 1 N–H and O–H groups in total. The number of aliphatic hydroxyl groups is 1. The number of rotatable bonds is 12. The van der Waals surface area contributed by atoms with Crippen molar-refractivity contribution < 1.29 is 29.0 Å². The van der Waals surface area contributed by atoms with E-state index in [-0.39, 0.29) is 37.2 Å². The number of hydrogen-bond acceptors (Lipinski definition) is 6. The van der Waals surface area contributed by atoms with Crippen LogP contribution in [0.4, 0.5) is 0 Å². The lowest BCUT2D eigenvalue weighted by Gasteiger charge is -2.39. The van der Waals surface area contributed by atoms with Gasteiger partial charge in [-0.2, -0.15) is 0 Å². The minimum absolute atomic E-state index is 0.00481. The zero-order valence-electron chi connectivity index (χ0n) is 19.6. The van der Waals surface area contributed by atoms with Crippen LogP contribution in [0.5, 0.6) is 0 Å². The van der Waals surface area contributed by atoms with Gasteiger partial charge in [-0.25, -0.2) is 0 Å². The minimum atomic E-state index is -0.999. The molecule has 32 heavy (non-hydrogen) atoms. The van der Waals surface area contributed by atoms with Crippen LogP contribution in [-0.4, -0.2) is 82.8 Å². The van der Waals surface area contributed by atoms with Crippen molar-refractivity contribution in [3.8, 4) is 0 Å². The summed E-state index contributed by atoms with van der Waals surface area (Å²) in [6, 6.07) is -0.780. The summed E-state index contributed by atoms with van der Waals surface area (Å²) in [4.78, 5) is 43.9. The summed E-state index contributed by atoms with van der Waals surface area (Å²) >= 11 is 0. The van der Waals surface area contributed by atoms with Gasteiger partial charge in [0.05, 0.1) is 24.5 Å². The van der Waals surface area contributed by atoms with Crippen LogP contribution >= 0.6 is 0 Å². The highest BCUT2D eigenvalue weighted by Crippen LogP contribution is 2.58.